The van der Waals surface area contributed by atoms with Gasteiger partial charge in [-0.15, -0.1) is 16.4 Å². The van der Waals surface area contributed by atoms with Crippen LogP contribution >= 0.6 is 11.3 Å². The third kappa shape index (κ3) is 3.65. The van der Waals surface area contributed by atoms with Crippen molar-refractivity contribution in [3.63, 3.8) is 0 Å². The number of anilines is 1. The summed E-state index contributed by atoms with van der Waals surface area (Å²) < 4.78 is 34.2. The zero-order chi connectivity index (χ0) is 20.6. The zero-order valence-corrected chi connectivity index (χ0v) is 16.6. The van der Waals surface area contributed by atoms with Crippen LogP contribution in [0.1, 0.15) is 10.4 Å². The number of carboxylic acid groups (broad SMARTS) is 1. The van der Waals surface area contributed by atoms with E-state index in [0.717, 1.165) is 11.3 Å². The van der Waals surface area contributed by atoms with Crippen molar-refractivity contribution in [3.8, 4) is 17.0 Å². The van der Waals surface area contributed by atoms with E-state index in [1.807, 2.05) is 29.6 Å². The van der Waals surface area contributed by atoms with Crippen LogP contribution in [0.5, 0.6) is 5.75 Å². The molecule has 2 aromatic heterocycles. The first-order valence-electron chi connectivity index (χ1n) is 8.22. The number of hydrogen-bond donors (Lipinski definition) is 2. The normalized spacial score (nSPS) is 11.5. The number of benzene rings is 2. The quantitative estimate of drug-likeness (QED) is 0.482. The molecule has 4 aromatic rings. The van der Waals surface area contributed by atoms with Crippen LogP contribution in [-0.4, -0.2) is 41.2 Å². The van der Waals surface area contributed by atoms with Crippen molar-refractivity contribution in [2.24, 2.45) is 0 Å². The summed E-state index contributed by atoms with van der Waals surface area (Å²) in [6.45, 7) is 0. The summed E-state index contributed by atoms with van der Waals surface area (Å²) in [6, 6.07) is 12.3. The SMILES string of the molecule is COc1cccc(-c2csc3nc(NS(=O)(=O)c4ccc(C(=O)O)cc4)nn23)c1. The minimum Gasteiger partial charge on any atom is -0.497 e. The van der Waals surface area contributed by atoms with E-state index in [4.69, 9.17) is 9.84 Å². The van der Waals surface area contributed by atoms with Gasteiger partial charge in [0.25, 0.3) is 16.0 Å². The molecule has 0 radical (unpaired) electrons. The van der Waals surface area contributed by atoms with Crippen molar-refractivity contribution in [2.75, 3.05) is 11.8 Å². The molecule has 0 amide bonds. The van der Waals surface area contributed by atoms with Gasteiger partial charge in [0.05, 0.1) is 23.3 Å². The molecular weight excluding hydrogens is 416 g/mol. The van der Waals surface area contributed by atoms with Crippen molar-refractivity contribution in [1.82, 2.24) is 14.6 Å². The number of carbonyl (C=O) groups is 1. The van der Waals surface area contributed by atoms with Gasteiger partial charge in [-0.25, -0.2) is 22.4 Å². The standard InChI is InChI=1S/C18H14N4O5S2/c1-27-13-4-2-3-12(9-13)15-10-28-18-19-17(20-22(15)18)21-29(25,26)14-7-5-11(6-8-14)16(23)24/h2-10H,1H3,(H,20,21)(H,23,24). The maximum Gasteiger partial charge on any atom is 0.335 e. The average molecular weight is 430 g/mol. The molecule has 0 bridgehead atoms. The fraction of sp³-hybridized carbons (Fsp3) is 0.0556. The minimum atomic E-state index is -3.97. The Bertz CT molecular complexity index is 1310. The van der Waals surface area contributed by atoms with Crippen molar-refractivity contribution >= 4 is 38.2 Å². The van der Waals surface area contributed by atoms with Crippen LogP contribution in [0.3, 0.4) is 0 Å². The maximum absolute atomic E-state index is 12.6. The van der Waals surface area contributed by atoms with Crippen LogP contribution in [0.2, 0.25) is 0 Å². The van der Waals surface area contributed by atoms with Gasteiger partial charge in [0.15, 0.2) is 0 Å². The van der Waals surface area contributed by atoms with Gasteiger partial charge >= 0.3 is 5.97 Å². The topological polar surface area (TPSA) is 123 Å². The first-order chi connectivity index (χ1) is 13.9. The fourth-order valence-corrected chi connectivity index (χ4v) is 4.43. The van der Waals surface area contributed by atoms with Crippen LogP contribution in [-0.2, 0) is 10.0 Å². The first kappa shape index (κ1) is 18.9. The van der Waals surface area contributed by atoms with E-state index in [1.165, 1.54) is 35.6 Å². The lowest BCUT2D eigenvalue weighted by molar-refractivity contribution is 0.0696. The number of sulfonamides is 1. The van der Waals surface area contributed by atoms with Crippen LogP contribution in [0.15, 0.2) is 58.8 Å². The average Bonchev–Trinajstić information content (AvgIpc) is 3.27. The number of methoxy groups -OCH3 is 1. The Hall–Kier alpha value is -3.44. The number of rotatable bonds is 6. The number of carboxylic acids is 1. The molecule has 0 saturated heterocycles. The number of ether oxygens (including phenoxy) is 1. The highest BCUT2D eigenvalue weighted by Gasteiger charge is 2.19. The number of nitrogens with one attached hydrogen (secondary N) is 1. The largest absolute Gasteiger partial charge is 0.497 e. The number of hydrogen-bond acceptors (Lipinski definition) is 7. The second kappa shape index (κ2) is 7.18. The van der Waals surface area contributed by atoms with E-state index in [2.05, 4.69) is 14.8 Å². The fourth-order valence-electron chi connectivity index (χ4n) is 2.66. The Kier molecular flexibility index (Phi) is 4.68. The lowest BCUT2D eigenvalue weighted by Crippen LogP contribution is -2.14. The summed E-state index contributed by atoms with van der Waals surface area (Å²) in [5, 5.41) is 15.0. The predicted molar refractivity (Wildman–Crippen MR) is 107 cm³/mol. The maximum atomic E-state index is 12.6. The predicted octanol–water partition coefficient (Wildman–Crippen LogP) is 2.97. The van der Waals surface area contributed by atoms with Crippen molar-refractivity contribution in [2.45, 2.75) is 4.90 Å². The molecule has 0 fully saturated rings. The van der Waals surface area contributed by atoms with E-state index in [1.54, 1.807) is 11.6 Å². The molecule has 0 unspecified atom stereocenters. The van der Waals surface area contributed by atoms with Crippen molar-refractivity contribution < 1.29 is 23.1 Å². The Morgan fingerprint density at radius 2 is 1.97 bits per heavy atom. The van der Waals surface area contributed by atoms with Gasteiger partial charge in [0.2, 0.25) is 4.96 Å². The van der Waals surface area contributed by atoms with Crippen LogP contribution in [0.4, 0.5) is 5.95 Å². The molecule has 2 aromatic carbocycles. The number of thiazole rings is 1. The Morgan fingerprint density at radius 1 is 1.21 bits per heavy atom. The Balaban J connectivity index is 1.65. The van der Waals surface area contributed by atoms with Crippen LogP contribution in [0.25, 0.3) is 16.2 Å². The molecule has 2 N–H and O–H groups in total. The molecule has 0 atom stereocenters. The van der Waals surface area contributed by atoms with Crippen LogP contribution in [0, 0.1) is 0 Å². The molecule has 4 rings (SSSR count). The lowest BCUT2D eigenvalue weighted by Gasteiger charge is -2.05. The molecule has 0 aliphatic carbocycles. The van der Waals surface area contributed by atoms with Gasteiger partial charge in [-0.2, -0.15) is 4.98 Å². The summed E-state index contributed by atoms with van der Waals surface area (Å²) in [4.78, 5) is 15.6. The van der Waals surface area contributed by atoms with Gasteiger partial charge in [-0.05, 0) is 36.4 Å². The number of nitrogens with zero attached hydrogens (tertiary/aromatic N) is 3. The van der Waals surface area contributed by atoms with Gasteiger partial charge in [0, 0.05) is 10.9 Å². The van der Waals surface area contributed by atoms with E-state index in [9.17, 15) is 13.2 Å². The number of aromatic nitrogens is 3. The van der Waals surface area contributed by atoms with Gasteiger partial charge in [-0.1, -0.05) is 12.1 Å². The third-order valence-electron chi connectivity index (χ3n) is 4.08. The third-order valence-corrected chi connectivity index (χ3v) is 6.24. The molecule has 0 aliphatic rings. The summed E-state index contributed by atoms with van der Waals surface area (Å²) in [5.41, 5.74) is 1.58. The monoisotopic (exact) mass is 430 g/mol. The smallest absolute Gasteiger partial charge is 0.335 e. The first-order valence-corrected chi connectivity index (χ1v) is 10.6. The van der Waals surface area contributed by atoms with Gasteiger partial charge in [0.1, 0.15) is 5.75 Å². The molecule has 9 nitrogen and oxygen atoms in total. The highest BCUT2D eigenvalue weighted by atomic mass is 32.2. The summed E-state index contributed by atoms with van der Waals surface area (Å²) in [7, 11) is -2.39. The lowest BCUT2D eigenvalue weighted by atomic mass is 10.2. The molecule has 11 heteroatoms. The number of aromatic carboxylic acids is 1. The Labute approximate surface area is 169 Å². The van der Waals surface area contributed by atoms with E-state index < -0.39 is 16.0 Å². The van der Waals surface area contributed by atoms with Gasteiger partial charge in [-0.3, -0.25) is 0 Å². The molecule has 148 valence electrons. The Morgan fingerprint density at radius 3 is 2.66 bits per heavy atom. The van der Waals surface area contributed by atoms with Gasteiger partial charge < -0.3 is 9.84 Å². The molecule has 29 heavy (non-hydrogen) atoms. The zero-order valence-electron chi connectivity index (χ0n) is 14.9. The summed E-state index contributed by atoms with van der Waals surface area (Å²) in [5.74, 6) is -0.529. The summed E-state index contributed by atoms with van der Waals surface area (Å²) >= 11 is 1.32. The molecular formula is C18H14N4O5S2. The number of fused-ring (bicyclic) bond motifs is 1. The highest BCUT2D eigenvalue weighted by Crippen LogP contribution is 2.28. The van der Waals surface area contributed by atoms with E-state index in [0.29, 0.717) is 10.7 Å². The molecule has 2 heterocycles. The molecule has 0 spiro atoms. The van der Waals surface area contributed by atoms with E-state index >= 15 is 0 Å². The summed E-state index contributed by atoms with van der Waals surface area (Å²) in [6.07, 6.45) is 0. The molecule has 0 saturated carbocycles. The second-order valence-corrected chi connectivity index (χ2v) is 8.44. The molecule has 0 aliphatic heterocycles. The second-order valence-electron chi connectivity index (χ2n) is 5.92. The van der Waals surface area contributed by atoms with Crippen molar-refractivity contribution in [1.29, 1.82) is 0 Å². The van der Waals surface area contributed by atoms with E-state index in [-0.39, 0.29) is 16.4 Å². The van der Waals surface area contributed by atoms with Crippen LogP contribution < -0.4 is 9.46 Å². The highest BCUT2D eigenvalue weighted by molar-refractivity contribution is 7.92. The minimum absolute atomic E-state index is 0.00693. The van der Waals surface area contributed by atoms with Crippen molar-refractivity contribution in [3.05, 3.63) is 59.5 Å².